The molecule has 2 aliphatic rings. The molecule has 0 radical (unpaired) electrons. The lowest BCUT2D eigenvalue weighted by molar-refractivity contribution is -0.383. The molecule has 112 valence electrons. The van der Waals surface area contributed by atoms with E-state index in [1.165, 1.54) is 24.6 Å². The summed E-state index contributed by atoms with van der Waals surface area (Å²) in [7, 11) is 0. The van der Waals surface area contributed by atoms with Gasteiger partial charge in [-0.05, 0) is 37.9 Å². The topological polar surface area (TPSA) is 102 Å². The van der Waals surface area contributed by atoms with Crippen LogP contribution in [0.2, 0.25) is 0 Å². The summed E-state index contributed by atoms with van der Waals surface area (Å²) in [6, 6.07) is 4.73. The Morgan fingerprint density at radius 3 is 2.95 bits per heavy atom. The lowest BCUT2D eigenvalue weighted by atomic mass is 10.1. The minimum atomic E-state index is -0.569. The van der Waals surface area contributed by atoms with Gasteiger partial charge in [0.25, 0.3) is 11.6 Å². The first-order valence-corrected chi connectivity index (χ1v) is 7.15. The van der Waals surface area contributed by atoms with Crippen molar-refractivity contribution in [1.29, 1.82) is 0 Å². The number of benzene rings is 1. The Morgan fingerprint density at radius 1 is 1.38 bits per heavy atom. The van der Waals surface area contributed by atoms with Gasteiger partial charge in [0.1, 0.15) is 5.69 Å². The number of amides is 1. The predicted molar refractivity (Wildman–Crippen MR) is 78.0 cm³/mol. The van der Waals surface area contributed by atoms with Gasteiger partial charge in [0.05, 0.1) is 4.92 Å². The van der Waals surface area contributed by atoms with Crippen LogP contribution in [-0.2, 0) is 0 Å². The Bertz CT molecular complexity index is 590. The summed E-state index contributed by atoms with van der Waals surface area (Å²) in [5, 5.41) is 13.9. The Labute approximate surface area is 122 Å². The number of hydrogen-bond donors (Lipinski definition) is 2. The van der Waals surface area contributed by atoms with E-state index in [0.717, 1.165) is 25.9 Å². The van der Waals surface area contributed by atoms with Crippen LogP contribution in [0.25, 0.3) is 0 Å². The molecule has 0 bridgehead atoms. The number of hydrogen-bond acceptors (Lipinski definition) is 5. The molecular formula is C14H18N4O3. The van der Waals surface area contributed by atoms with Gasteiger partial charge in [-0.2, -0.15) is 0 Å². The second-order valence-electron chi connectivity index (χ2n) is 5.64. The molecule has 1 aromatic rings. The number of nitrogens with one attached hydrogen (secondary N) is 1. The third-order valence-corrected chi connectivity index (χ3v) is 4.41. The zero-order chi connectivity index (χ0) is 15.0. The summed E-state index contributed by atoms with van der Waals surface area (Å²) in [6.07, 6.45) is 3.21. The molecule has 0 aromatic heterocycles. The number of nitro benzene ring substituents is 1. The minimum absolute atomic E-state index is 0.0689. The summed E-state index contributed by atoms with van der Waals surface area (Å²) in [5.74, 6) is -0.267. The first-order valence-electron chi connectivity index (χ1n) is 7.15. The second-order valence-corrected chi connectivity index (χ2v) is 5.64. The smallest absolute Gasteiger partial charge is 0.292 e. The maximum atomic E-state index is 12.3. The maximum Gasteiger partial charge on any atom is 0.292 e. The van der Waals surface area contributed by atoms with E-state index in [-0.39, 0.29) is 28.9 Å². The van der Waals surface area contributed by atoms with Gasteiger partial charge in [0, 0.05) is 30.3 Å². The number of nitrogens with two attached hydrogens (primary N) is 1. The Kier molecular flexibility index (Phi) is 3.50. The number of fused-ring (bicyclic) bond motifs is 1. The first kappa shape index (κ1) is 13.8. The molecular weight excluding hydrogens is 272 g/mol. The lowest BCUT2D eigenvalue weighted by Crippen LogP contribution is -2.42. The first-order chi connectivity index (χ1) is 10.1. The van der Waals surface area contributed by atoms with Crippen LogP contribution in [0.3, 0.4) is 0 Å². The van der Waals surface area contributed by atoms with Gasteiger partial charge in [0.15, 0.2) is 0 Å². The van der Waals surface area contributed by atoms with Crippen LogP contribution in [0.5, 0.6) is 0 Å². The molecule has 3 rings (SSSR count). The molecule has 1 amide bonds. The molecule has 0 aliphatic carbocycles. The normalized spacial score (nSPS) is 24.8. The van der Waals surface area contributed by atoms with E-state index in [2.05, 4.69) is 10.2 Å². The molecule has 1 aromatic carbocycles. The van der Waals surface area contributed by atoms with Crippen molar-refractivity contribution in [2.45, 2.75) is 31.3 Å². The number of carbonyl (C=O) groups is 1. The van der Waals surface area contributed by atoms with Crippen molar-refractivity contribution in [3.05, 3.63) is 33.9 Å². The molecule has 2 saturated heterocycles. The summed E-state index contributed by atoms with van der Waals surface area (Å²) >= 11 is 0. The van der Waals surface area contributed by atoms with Crippen LogP contribution in [0.4, 0.5) is 11.4 Å². The van der Waals surface area contributed by atoms with Crippen molar-refractivity contribution in [2.75, 3.05) is 18.8 Å². The highest BCUT2D eigenvalue weighted by Crippen LogP contribution is 2.28. The maximum absolute atomic E-state index is 12.3. The molecule has 21 heavy (non-hydrogen) atoms. The van der Waals surface area contributed by atoms with Gasteiger partial charge in [-0.1, -0.05) is 0 Å². The molecule has 7 heteroatoms. The van der Waals surface area contributed by atoms with Crippen LogP contribution in [0.1, 0.15) is 29.6 Å². The van der Waals surface area contributed by atoms with Crippen molar-refractivity contribution < 1.29 is 9.72 Å². The predicted octanol–water partition coefficient (Wildman–Crippen LogP) is 1.14. The SMILES string of the molecule is Nc1ccc(C(=O)NC2CCN3CCCC23)cc1[N+](=O)[O-]. The van der Waals surface area contributed by atoms with E-state index in [4.69, 9.17) is 5.73 Å². The summed E-state index contributed by atoms with van der Waals surface area (Å²) in [5.41, 5.74) is 5.67. The number of nitro groups is 1. The van der Waals surface area contributed by atoms with Crippen LogP contribution in [0, 0.1) is 10.1 Å². The standard InChI is InChI=1S/C14H18N4O3/c15-10-4-3-9(8-13(10)18(20)21)14(19)16-11-5-7-17-6-1-2-12(11)17/h3-4,8,11-12H,1-2,5-7,15H2,(H,16,19). The van der Waals surface area contributed by atoms with E-state index in [9.17, 15) is 14.9 Å². The Balaban J connectivity index is 1.74. The zero-order valence-electron chi connectivity index (χ0n) is 11.6. The summed E-state index contributed by atoms with van der Waals surface area (Å²) in [6.45, 7) is 2.11. The molecule has 2 aliphatic heterocycles. The van der Waals surface area contributed by atoms with Gasteiger partial charge < -0.3 is 11.1 Å². The molecule has 2 atom stereocenters. The van der Waals surface area contributed by atoms with Gasteiger partial charge in [-0.25, -0.2) is 0 Å². The van der Waals surface area contributed by atoms with E-state index in [1.54, 1.807) is 0 Å². The molecule has 0 spiro atoms. The van der Waals surface area contributed by atoms with Crippen molar-refractivity contribution in [2.24, 2.45) is 0 Å². The molecule has 7 nitrogen and oxygen atoms in total. The molecule has 3 N–H and O–H groups in total. The monoisotopic (exact) mass is 290 g/mol. The number of nitrogens with zero attached hydrogens (tertiary/aromatic N) is 2. The van der Waals surface area contributed by atoms with Gasteiger partial charge in [-0.15, -0.1) is 0 Å². The van der Waals surface area contributed by atoms with Crippen LogP contribution < -0.4 is 11.1 Å². The fourth-order valence-electron chi connectivity index (χ4n) is 3.35. The van der Waals surface area contributed by atoms with Crippen molar-refractivity contribution in [3.63, 3.8) is 0 Å². The highest BCUT2D eigenvalue weighted by molar-refractivity contribution is 5.95. The fraction of sp³-hybridized carbons (Fsp3) is 0.500. The highest BCUT2D eigenvalue weighted by atomic mass is 16.6. The second kappa shape index (κ2) is 5.33. The van der Waals surface area contributed by atoms with E-state index >= 15 is 0 Å². The minimum Gasteiger partial charge on any atom is -0.393 e. The average molecular weight is 290 g/mol. The Morgan fingerprint density at radius 2 is 2.19 bits per heavy atom. The van der Waals surface area contributed by atoms with E-state index in [1.807, 2.05) is 0 Å². The number of rotatable bonds is 3. The van der Waals surface area contributed by atoms with Gasteiger partial charge >= 0.3 is 0 Å². The highest BCUT2D eigenvalue weighted by Gasteiger charge is 2.37. The molecule has 2 unspecified atom stereocenters. The third kappa shape index (κ3) is 2.56. The van der Waals surface area contributed by atoms with E-state index in [0.29, 0.717) is 6.04 Å². The quantitative estimate of drug-likeness (QED) is 0.494. The molecule has 0 saturated carbocycles. The third-order valence-electron chi connectivity index (χ3n) is 4.41. The Hall–Kier alpha value is -2.15. The van der Waals surface area contributed by atoms with Gasteiger partial charge in [-0.3, -0.25) is 19.8 Å². The molecule has 2 heterocycles. The van der Waals surface area contributed by atoms with Crippen LogP contribution in [-0.4, -0.2) is 40.9 Å². The number of carbonyl (C=O) groups excluding carboxylic acids is 1. The lowest BCUT2D eigenvalue weighted by Gasteiger charge is -2.21. The van der Waals surface area contributed by atoms with Crippen molar-refractivity contribution >= 4 is 17.3 Å². The van der Waals surface area contributed by atoms with Crippen molar-refractivity contribution in [1.82, 2.24) is 10.2 Å². The average Bonchev–Trinajstić information content (AvgIpc) is 3.04. The van der Waals surface area contributed by atoms with Crippen LogP contribution in [0.15, 0.2) is 18.2 Å². The largest absolute Gasteiger partial charge is 0.393 e. The fourth-order valence-corrected chi connectivity index (χ4v) is 3.35. The van der Waals surface area contributed by atoms with E-state index < -0.39 is 4.92 Å². The molecule has 2 fully saturated rings. The van der Waals surface area contributed by atoms with Crippen molar-refractivity contribution in [3.8, 4) is 0 Å². The number of anilines is 1. The number of nitrogen functional groups attached to an aromatic ring is 1. The summed E-state index contributed by atoms with van der Waals surface area (Å²) in [4.78, 5) is 25.0. The summed E-state index contributed by atoms with van der Waals surface area (Å²) < 4.78 is 0. The zero-order valence-corrected chi connectivity index (χ0v) is 11.6. The van der Waals surface area contributed by atoms with Gasteiger partial charge in [0.2, 0.25) is 0 Å². The van der Waals surface area contributed by atoms with Crippen LogP contribution >= 0.6 is 0 Å².